The second-order valence-corrected chi connectivity index (χ2v) is 4.56. The number of hydrogen-bond acceptors (Lipinski definition) is 3. The Bertz CT molecular complexity index is 478. The van der Waals surface area contributed by atoms with Crippen LogP contribution in [0.15, 0.2) is 24.3 Å². The van der Waals surface area contributed by atoms with Gasteiger partial charge in [0.1, 0.15) is 6.04 Å². The molecule has 1 amide bonds. The Kier molecular flexibility index (Phi) is 3.83. The normalized spacial score (nSPS) is 19.9. The van der Waals surface area contributed by atoms with E-state index in [1.165, 1.54) is 0 Å². The fraction of sp³-hybridized carbons (Fsp3) is 0.429. The van der Waals surface area contributed by atoms with Gasteiger partial charge in [-0.2, -0.15) is 5.26 Å². The molecule has 4 nitrogen and oxygen atoms in total. The molecule has 1 unspecified atom stereocenters. The number of aryl methyl sites for hydroxylation is 1. The van der Waals surface area contributed by atoms with Gasteiger partial charge in [-0.15, -0.1) is 0 Å². The zero-order valence-electron chi connectivity index (χ0n) is 10.5. The van der Waals surface area contributed by atoms with Gasteiger partial charge in [0, 0.05) is 18.8 Å². The fourth-order valence-electron chi connectivity index (χ4n) is 2.28. The van der Waals surface area contributed by atoms with Gasteiger partial charge in [-0.25, -0.2) is 0 Å². The summed E-state index contributed by atoms with van der Waals surface area (Å²) in [5, 5.41) is 11.8. The minimum atomic E-state index is -0.376. The monoisotopic (exact) mass is 243 g/mol. The number of carbonyl (C=O) groups excluding carboxylic acids is 1. The second-order valence-electron chi connectivity index (χ2n) is 4.56. The summed E-state index contributed by atoms with van der Waals surface area (Å²) in [7, 11) is 0. The van der Waals surface area contributed by atoms with Crippen LogP contribution >= 0.6 is 0 Å². The molecule has 94 valence electrons. The summed E-state index contributed by atoms with van der Waals surface area (Å²) in [6.45, 7) is 3.51. The van der Waals surface area contributed by atoms with Crippen LogP contribution in [0.1, 0.15) is 18.4 Å². The molecule has 1 fully saturated rings. The van der Waals surface area contributed by atoms with Crippen LogP contribution in [0.4, 0.5) is 5.69 Å². The number of hydrogen-bond donors (Lipinski definition) is 1. The molecule has 1 aromatic rings. The highest BCUT2D eigenvalue weighted by molar-refractivity contribution is 5.86. The van der Waals surface area contributed by atoms with Crippen molar-refractivity contribution in [2.75, 3.05) is 18.0 Å². The lowest BCUT2D eigenvalue weighted by Gasteiger charge is -2.29. The highest BCUT2D eigenvalue weighted by Gasteiger charge is 2.27. The van der Waals surface area contributed by atoms with Crippen LogP contribution in [0, 0.1) is 18.3 Å². The van der Waals surface area contributed by atoms with Crippen LogP contribution in [0.5, 0.6) is 0 Å². The molecule has 1 aliphatic rings. The topological polar surface area (TPSA) is 56.1 Å². The lowest BCUT2D eigenvalue weighted by atomic mass is 10.1. The molecule has 0 bridgehead atoms. The van der Waals surface area contributed by atoms with Gasteiger partial charge < -0.3 is 10.2 Å². The number of carbonyl (C=O) groups is 1. The quantitative estimate of drug-likeness (QED) is 0.858. The molecule has 0 radical (unpaired) electrons. The number of nitriles is 1. The predicted molar refractivity (Wildman–Crippen MR) is 70.2 cm³/mol. The Morgan fingerprint density at radius 2 is 2.39 bits per heavy atom. The average Bonchev–Trinajstić information content (AvgIpc) is 2.53. The van der Waals surface area contributed by atoms with E-state index < -0.39 is 0 Å². The molecule has 4 heteroatoms. The van der Waals surface area contributed by atoms with E-state index in [9.17, 15) is 4.79 Å². The number of anilines is 1. The first-order valence-corrected chi connectivity index (χ1v) is 6.20. The highest BCUT2D eigenvalue weighted by Crippen LogP contribution is 2.21. The van der Waals surface area contributed by atoms with Crippen molar-refractivity contribution < 1.29 is 4.79 Å². The van der Waals surface area contributed by atoms with Crippen molar-refractivity contribution in [2.45, 2.75) is 25.8 Å². The van der Waals surface area contributed by atoms with Gasteiger partial charge in [0.05, 0.1) is 12.5 Å². The zero-order valence-corrected chi connectivity index (χ0v) is 10.5. The van der Waals surface area contributed by atoms with Crippen molar-refractivity contribution in [1.82, 2.24) is 5.32 Å². The largest absolute Gasteiger partial charge is 0.359 e. The minimum Gasteiger partial charge on any atom is -0.359 e. The van der Waals surface area contributed by atoms with E-state index in [0.29, 0.717) is 6.54 Å². The van der Waals surface area contributed by atoms with Crippen molar-refractivity contribution in [3.05, 3.63) is 29.8 Å². The molecule has 1 saturated heterocycles. The number of benzene rings is 1. The smallest absolute Gasteiger partial charge is 0.243 e. The molecule has 1 aliphatic heterocycles. The van der Waals surface area contributed by atoms with Crippen LogP contribution in [-0.2, 0) is 4.79 Å². The molecule has 0 spiro atoms. The molecule has 1 atom stereocenters. The lowest BCUT2D eigenvalue weighted by molar-refractivity contribution is -0.121. The van der Waals surface area contributed by atoms with E-state index in [1.807, 2.05) is 30.0 Å². The Labute approximate surface area is 107 Å². The van der Waals surface area contributed by atoms with Crippen LogP contribution in [0.3, 0.4) is 0 Å². The number of rotatable bonds is 2. The fourth-order valence-corrected chi connectivity index (χ4v) is 2.28. The number of nitrogens with one attached hydrogen (secondary N) is 1. The first-order chi connectivity index (χ1) is 8.72. The second kappa shape index (κ2) is 5.54. The number of nitrogens with zero attached hydrogens (tertiary/aromatic N) is 2. The molecule has 0 aliphatic carbocycles. The van der Waals surface area contributed by atoms with Gasteiger partial charge in [-0.3, -0.25) is 4.79 Å². The van der Waals surface area contributed by atoms with Crippen LogP contribution < -0.4 is 10.2 Å². The van der Waals surface area contributed by atoms with Crippen LogP contribution in [0.2, 0.25) is 0 Å². The standard InChI is InChI=1S/C14H17N3O/c1-11-4-2-5-12(10-11)17-9-3-8-16-14(18)13(17)6-7-15/h2,4-5,10,13H,3,6,8-9H2,1H3,(H,16,18). The Morgan fingerprint density at radius 3 is 3.11 bits per heavy atom. The molecule has 0 aromatic heterocycles. The molecule has 0 saturated carbocycles. The average molecular weight is 243 g/mol. The Hall–Kier alpha value is -2.02. The van der Waals surface area contributed by atoms with Gasteiger partial charge in [-0.05, 0) is 31.0 Å². The molecule has 18 heavy (non-hydrogen) atoms. The number of amides is 1. The molecule has 1 aromatic carbocycles. The highest BCUT2D eigenvalue weighted by atomic mass is 16.2. The molecular formula is C14H17N3O. The van der Waals surface area contributed by atoms with Crippen LogP contribution in [-0.4, -0.2) is 25.0 Å². The summed E-state index contributed by atoms with van der Waals surface area (Å²) in [6, 6.07) is 9.80. The first-order valence-electron chi connectivity index (χ1n) is 6.20. The summed E-state index contributed by atoms with van der Waals surface area (Å²) in [6.07, 6.45) is 1.13. The van der Waals surface area contributed by atoms with Crippen molar-refractivity contribution in [3.8, 4) is 6.07 Å². The lowest BCUT2D eigenvalue weighted by Crippen LogP contribution is -2.44. The predicted octanol–water partition coefficient (Wildman–Crippen LogP) is 1.60. The minimum absolute atomic E-state index is 0.0458. The van der Waals surface area contributed by atoms with E-state index in [1.54, 1.807) is 0 Å². The summed E-state index contributed by atoms with van der Waals surface area (Å²) < 4.78 is 0. The first kappa shape index (κ1) is 12.4. The third-order valence-corrected chi connectivity index (χ3v) is 3.17. The molecular weight excluding hydrogens is 226 g/mol. The van der Waals surface area contributed by atoms with Gasteiger partial charge >= 0.3 is 0 Å². The summed E-state index contributed by atoms with van der Waals surface area (Å²) in [5.74, 6) is -0.0458. The Balaban J connectivity index is 2.32. The summed E-state index contributed by atoms with van der Waals surface area (Å²) in [4.78, 5) is 14.0. The van der Waals surface area contributed by atoms with Gasteiger partial charge in [0.25, 0.3) is 0 Å². The van der Waals surface area contributed by atoms with Gasteiger partial charge in [0.2, 0.25) is 5.91 Å². The maximum Gasteiger partial charge on any atom is 0.243 e. The van der Waals surface area contributed by atoms with Gasteiger partial charge in [-0.1, -0.05) is 12.1 Å². The van der Waals surface area contributed by atoms with Gasteiger partial charge in [0.15, 0.2) is 0 Å². The van der Waals surface area contributed by atoms with Crippen molar-refractivity contribution >= 4 is 11.6 Å². The SMILES string of the molecule is Cc1cccc(N2CCCNC(=O)C2CC#N)c1. The van der Waals surface area contributed by atoms with Crippen molar-refractivity contribution in [2.24, 2.45) is 0 Å². The zero-order chi connectivity index (χ0) is 13.0. The molecule has 2 rings (SSSR count). The summed E-state index contributed by atoms with van der Waals surface area (Å²) >= 11 is 0. The maximum absolute atomic E-state index is 12.0. The van der Waals surface area contributed by atoms with E-state index in [4.69, 9.17) is 5.26 Å². The maximum atomic E-state index is 12.0. The van der Waals surface area contributed by atoms with Crippen LogP contribution in [0.25, 0.3) is 0 Å². The van der Waals surface area contributed by atoms with Crippen molar-refractivity contribution in [3.63, 3.8) is 0 Å². The van der Waals surface area contributed by atoms with E-state index in [2.05, 4.69) is 17.5 Å². The van der Waals surface area contributed by atoms with E-state index in [0.717, 1.165) is 24.2 Å². The van der Waals surface area contributed by atoms with E-state index in [-0.39, 0.29) is 18.4 Å². The third kappa shape index (κ3) is 2.62. The third-order valence-electron chi connectivity index (χ3n) is 3.17. The summed E-state index contributed by atoms with van der Waals surface area (Å²) in [5.41, 5.74) is 2.18. The Morgan fingerprint density at radius 1 is 1.56 bits per heavy atom. The van der Waals surface area contributed by atoms with E-state index >= 15 is 0 Å². The van der Waals surface area contributed by atoms with Crippen molar-refractivity contribution in [1.29, 1.82) is 5.26 Å². The molecule has 1 N–H and O–H groups in total. The molecule has 1 heterocycles.